The molecule has 1 unspecified atom stereocenters. The predicted octanol–water partition coefficient (Wildman–Crippen LogP) is 4.28. The normalized spacial score (nSPS) is 14.9. The van der Waals surface area contributed by atoms with Crippen LogP contribution in [0.2, 0.25) is 0 Å². The van der Waals surface area contributed by atoms with Gasteiger partial charge in [-0.05, 0) is 30.4 Å². The lowest BCUT2D eigenvalue weighted by atomic mass is 10.1. The van der Waals surface area contributed by atoms with Crippen LogP contribution in [0.15, 0.2) is 81.0 Å². The third-order valence-corrected chi connectivity index (χ3v) is 7.04. The van der Waals surface area contributed by atoms with Gasteiger partial charge in [0.25, 0.3) is 5.91 Å². The standard InChI is InChI=1S/C29H32N2O6S/c1-21(32)37-28(23-7-4-3-5-8-23)29(34)31-14-6-13-30(15-16-31)18-24-17-26(33)27(20-35-24)36-19-22-9-11-25(38-2)12-10-22/h3-5,7-12,17,20,28H,6,13-16,18-19H2,1-2H3. The molecule has 0 radical (unpaired) electrons. The van der Waals surface area contributed by atoms with Crippen LogP contribution >= 0.6 is 11.8 Å². The van der Waals surface area contributed by atoms with Gasteiger partial charge in [0.05, 0.1) is 6.54 Å². The second-order valence-electron chi connectivity index (χ2n) is 9.07. The number of benzene rings is 2. The van der Waals surface area contributed by atoms with Crippen molar-refractivity contribution in [3.8, 4) is 5.75 Å². The van der Waals surface area contributed by atoms with E-state index < -0.39 is 12.1 Å². The molecule has 1 amide bonds. The van der Waals surface area contributed by atoms with Gasteiger partial charge in [0, 0.05) is 49.6 Å². The quantitative estimate of drug-likeness (QED) is 0.296. The molecule has 8 nitrogen and oxygen atoms in total. The second-order valence-corrected chi connectivity index (χ2v) is 9.95. The predicted molar refractivity (Wildman–Crippen MR) is 145 cm³/mol. The maximum absolute atomic E-state index is 13.3. The van der Waals surface area contributed by atoms with Gasteiger partial charge in [0.15, 0.2) is 0 Å². The Hall–Kier alpha value is -3.56. The van der Waals surface area contributed by atoms with Crippen molar-refractivity contribution in [2.75, 3.05) is 32.4 Å². The van der Waals surface area contributed by atoms with Crippen LogP contribution in [0.5, 0.6) is 5.75 Å². The first-order valence-electron chi connectivity index (χ1n) is 12.5. The Labute approximate surface area is 226 Å². The van der Waals surface area contributed by atoms with Crippen LogP contribution in [0.3, 0.4) is 0 Å². The average molecular weight is 537 g/mol. The summed E-state index contributed by atoms with van der Waals surface area (Å²) in [7, 11) is 0. The van der Waals surface area contributed by atoms with Crippen molar-refractivity contribution in [1.82, 2.24) is 9.80 Å². The smallest absolute Gasteiger partial charge is 0.303 e. The summed E-state index contributed by atoms with van der Waals surface area (Å²) in [5, 5.41) is 0. The lowest BCUT2D eigenvalue weighted by Crippen LogP contribution is -2.39. The number of carbonyl (C=O) groups excluding carboxylic acids is 2. The van der Waals surface area contributed by atoms with Gasteiger partial charge in [-0.2, -0.15) is 0 Å². The van der Waals surface area contributed by atoms with E-state index >= 15 is 0 Å². The Morgan fingerprint density at radius 1 is 1.03 bits per heavy atom. The molecule has 38 heavy (non-hydrogen) atoms. The summed E-state index contributed by atoms with van der Waals surface area (Å²) in [5.74, 6) is -0.0229. The Balaban J connectivity index is 1.33. The highest BCUT2D eigenvalue weighted by atomic mass is 32.2. The van der Waals surface area contributed by atoms with Gasteiger partial charge in [-0.15, -0.1) is 11.8 Å². The number of carbonyl (C=O) groups is 2. The Morgan fingerprint density at radius 3 is 2.47 bits per heavy atom. The van der Waals surface area contributed by atoms with Gasteiger partial charge >= 0.3 is 5.97 Å². The van der Waals surface area contributed by atoms with Crippen molar-refractivity contribution in [2.45, 2.75) is 37.5 Å². The van der Waals surface area contributed by atoms with Gasteiger partial charge in [0.2, 0.25) is 17.3 Å². The minimum absolute atomic E-state index is 0.174. The van der Waals surface area contributed by atoms with Crippen LogP contribution in [0.1, 0.15) is 36.3 Å². The topological polar surface area (TPSA) is 89.3 Å². The van der Waals surface area contributed by atoms with Crippen molar-refractivity contribution in [1.29, 1.82) is 0 Å². The molecule has 2 aromatic carbocycles. The molecule has 9 heteroatoms. The fourth-order valence-corrected chi connectivity index (χ4v) is 4.71. The molecule has 200 valence electrons. The Morgan fingerprint density at radius 2 is 1.79 bits per heavy atom. The molecular formula is C29H32N2O6S. The van der Waals surface area contributed by atoms with Crippen LogP contribution < -0.4 is 10.2 Å². The van der Waals surface area contributed by atoms with Crippen LogP contribution in [-0.4, -0.2) is 54.1 Å². The van der Waals surface area contributed by atoms with Crippen molar-refractivity contribution in [3.05, 3.63) is 94.0 Å². The number of esters is 1. The molecule has 0 spiro atoms. The Bertz CT molecular complexity index is 1280. The van der Waals surface area contributed by atoms with Crippen molar-refractivity contribution in [3.63, 3.8) is 0 Å². The molecule has 2 heterocycles. The van der Waals surface area contributed by atoms with Gasteiger partial charge in [-0.1, -0.05) is 42.5 Å². The van der Waals surface area contributed by atoms with Gasteiger partial charge in [-0.25, -0.2) is 0 Å². The monoisotopic (exact) mass is 536 g/mol. The minimum Gasteiger partial charge on any atom is -0.482 e. The first kappa shape index (κ1) is 27.5. The Kier molecular flexibility index (Phi) is 9.62. The van der Waals surface area contributed by atoms with Crippen molar-refractivity contribution < 1.29 is 23.5 Å². The molecule has 3 aromatic rings. The highest BCUT2D eigenvalue weighted by molar-refractivity contribution is 7.98. The van der Waals surface area contributed by atoms with Crippen molar-refractivity contribution in [2.24, 2.45) is 0 Å². The molecule has 0 N–H and O–H groups in total. The molecule has 0 saturated carbocycles. The zero-order valence-corrected chi connectivity index (χ0v) is 22.4. The lowest BCUT2D eigenvalue weighted by molar-refractivity contribution is -0.159. The number of amides is 1. The van der Waals surface area contributed by atoms with Crippen LogP contribution in [0.25, 0.3) is 0 Å². The lowest BCUT2D eigenvalue weighted by Gasteiger charge is -2.26. The van der Waals surface area contributed by atoms with E-state index in [9.17, 15) is 14.4 Å². The average Bonchev–Trinajstić information content (AvgIpc) is 3.17. The number of hydrogen-bond acceptors (Lipinski definition) is 8. The van der Waals surface area contributed by atoms with E-state index in [1.807, 2.05) is 48.7 Å². The first-order valence-corrected chi connectivity index (χ1v) is 13.8. The molecule has 4 rings (SSSR count). The molecule has 1 aliphatic rings. The number of ether oxygens (including phenoxy) is 2. The molecule has 1 aliphatic heterocycles. The zero-order valence-electron chi connectivity index (χ0n) is 21.6. The van der Waals surface area contributed by atoms with E-state index in [1.54, 1.807) is 28.8 Å². The third-order valence-electron chi connectivity index (χ3n) is 6.30. The van der Waals surface area contributed by atoms with E-state index in [1.165, 1.54) is 24.1 Å². The maximum Gasteiger partial charge on any atom is 0.303 e. The maximum atomic E-state index is 13.3. The van der Waals surface area contributed by atoms with Crippen LogP contribution in [0, 0.1) is 0 Å². The summed E-state index contributed by atoms with van der Waals surface area (Å²) >= 11 is 1.67. The van der Waals surface area contributed by atoms with E-state index in [0.717, 1.165) is 18.5 Å². The first-order chi connectivity index (χ1) is 18.4. The van der Waals surface area contributed by atoms with E-state index in [0.29, 0.717) is 37.5 Å². The molecule has 1 aromatic heterocycles. The third kappa shape index (κ3) is 7.49. The molecule has 1 saturated heterocycles. The van der Waals surface area contributed by atoms with Gasteiger partial charge in [-0.3, -0.25) is 19.3 Å². The summed E-state index contributed by atoms with van der Waals surface area (Å²) < 4.78 is 16.8. The van der Waals surface area contributed by atoms with Crippen LogP contribution in [-0.2, 0) is 27.5 Å². The highest BCUT2D eigenvalue weighted by Gasteiger charge is 2.30. The van der Waals surface area contributed by atoms with E-state index in [2.05, 4.69) is 4.90 Å². The van der Waals surface area contributed by atoms with Crippen molar-refractivity contribution >= 4 is 23.6 Å². The highest BCUT2D eigenvalue weighted by Crippen LogP contribution is 2.22. The zero-order chi connectivity index (χ0) is 26.9. The fraction of sp³-hybridized carbons (Fsp3) is 0.345. The van der Waals surface area contributed by atoms with Gasteiger partial charge in [0.1, 0.15) is 18.6 Å². The van der Waals surface area contributed by atoms with Gasteiger partial charge < -0.3 is 18.8 Å². The largest absolute Gasteiger partial charge is 0.482 e. The molecular weight excluding hydrogens is 504 g/mol. The molecule has 0 bridgehead atoms. The minimum atomic E-state index is -0.964. The summed E-state index contributed by atoms with van der Waals surface area (Å²) in [4.78, 5) is 42.6. The number of rotatable bonds is 9. The molecule has 1 atom stereocenters. The van der Waals surface area contributed by atoms with E-state index in [4.69, 9.17) is 13.9 Å². The number of nitrogens with zero attached hydrogens (tertiary/aromatic N) is 2. The summed E-state index contributed by atoms with van der Waals surface area (Å²) in [6.45, 7) is 4.40. The molecule has 0 aliphatic carbocycles. The summed E-state index contributed by atoms with van der Waals surface area (Å²) in [6.07, 6.45) is 3.17. The number of hydrogen-bond donors (Lipinski definition) is 0. The fourth-order valence-electron chi connectivity index (χ4n) is 4.30. The second kappa shape index (κ2) is 13.3. The summed E-state index contributed by atoms with van der Waals surface area (Å²) in [6, 6.07) is 18.5. The van der Waals surface area contributed by atoms with E-state index in [-0.39, 0.29) is 23.7 Å². The van der Waals surface area contributed by atoms with Crippen LogP contribution in [0.4, 0.5) is 0 Å². The molecule has 1 fully saturated rings. The number of thioether (sulfide) groups is 1. The summed E-state index contributed by atoms with van der Waals surface area (Å²) in [5.41, 5.74) is 1.39. The SMILES string of the molecule is CSc1ccc(COc2coc(CN3CCCN(C(=O)C(OC(C)=O)c4ccccc4)CC3)cc2=O)cc1.